The molecule has 12 aromatic carbocycles. The number of benzene rings is 12. The molecule has 0 unspecified atom stereocenters. The van der Waals surface area contributed by atoms with Crippen molar-refractivity contribution in [2.24, 2.45) is 0 Å². The summed E-state index contributed by atoms with van der Waals surface area (Å²) in [7, 11) is 0. The van der Waals surface area contributed by atoms with Crippen molar-refractivity contribution in [3.05, 3.63) is 218 Å². The van der Waals surface area contributed by atoms with Gasteiger partial charge >= 0.3 is 0 Å². The van der Waals surface area contributed by atoms with Crippen molar-refractivity contribution >= 4 is 75.4 Å². The van der Waals surface area contributed by atoms with Gasteiger partial charge in [0.2, 0.25) is 0 Å². The molecule has 0 aliphatic carbocycles. The van der Waals surface area contributed by atoms with E-state index in [0.717, 1.165) is 0 Å². The van der Waals surface area contributed by atoms with E-state index in [4.69, 9.17) is 0 Å². The number of fused-ring (bicyclic) bond motifs is 8. The van der Waals surface area contributed by atoms with Crippen LogP contribution in [-0.4, -0.2) is 0 Å². The van der Waals surface area contributed by atoms with Gasteiger partial charge in [0.25, 0.3) is 0 Å². The third kappa shape index (κ3) is 5.16. The van der Waals surface area contributed by atoms with Crippen molar-refractivity contribution in [2.75, 3.05) is 0 Å². The first-order valence-corrected chi connectivity index (χ1v) is 20.2. The Labute approximate surface area is 336 Å². The highest BCUT2D eigenvalue weighted by Crippen LogP contribution is 2.49. The minimum Gasteiger partial charge on any atom is -0.0616 e. The highest BCUT2D eigenvalue weighted by atomic mass is 14.2. The van der Waals surface area contributed by atoms with Crippen molar-refractivity contribution < 1.29 is 0 Å². The molecule has 0 aliphatic heterocycles. The summed E-state index contributed by atoms with van der Waals surface area (Å²) in [6.07, 6.45) is 0. The van der Waals surface area contributed by atoms with Crippen molar-refractivity contribution in [1.29, 1.82) is 0 Å². The molecule has 12 aromatic rings. The first kappa shape index (κ1) is 32.7. The Morgan fingerprint density at radius 3 is 1.22 bits per heavy atom. The summed E-state index contributed by atoms with van der Waals surface area (Å²) in [4.78, 5) is 0. The Kier molecular flexibility index (Phi) is 7.33. The van der Waals surface area contributed by atoms with Crippen LogP contribution in [0.1, 0.15) is 0 Å². The summed E-state index contributed by atoms with van der Waals surface area (Å²) < 4.78 is 0. The van der Waals surface area contributed by atoms with Gasteiger partial charge in [-0.1, -0.05) is 188 Å². The maximum absolute atomic E-state index is 2.46. The Hall–Kier alpha value is -7.54. The molecule has 0 atom stereocenters. The molecule has 12 rings (SSSR count). The van der Waals surface area contributed by atoms with Gasteiger partial charge in [0, 0.05) is 0 Å². The second kappa shape index (κ2) is 13.0. The van der Waals surface area contributed by atoms with Crippen LogP contribution >= 0.6 is 0 Å². The van der Waals surface area contributed by atoms with Crippen molar-refractivity contribution in [3.63, 3.8) is 0 Å². The molecule has 0 radical (unpaired) electrons. The van der Waals surface area contributed by atoms with Crippen molar-refractivity contribution in [1.82, 2.24) is 0 Å². The van der Waals surface area contributed by atoms with E-state index in [1.807, 2.05) is 0 Å². The second-order valence-corrected chi connectivity index (χ2v) is 15.6. The van der Waals surface area contributed by atoms with E-state index in [9.17, 15) is 0 Å². The zero-order valence-electron chi connectivity index (χ0n) is 31.8. The Morgan fingerprint density at radius 1 is 0.172 bits per heavy atom. The van der Waals surface area contributed by atoms with Gasteiger partial charge in [0.05, 0.1) is 0 Å². The van der Waals surface area contributed by atoms with Crippen LogP contribution < -0.4 is 0 Å². The maximum Gasteiger partial charge on any atom is -0.00197 e. The molecule has 0 saturated heterocycles. The lowest BCUT2D eigenvalue weighted by Crippen LogP contribution is -1.94. The van der Waals surface area contributed by atoms with E-state index in [-0.39, 0.29) is 0 Å². The predicted molar refractivity (Wildman–Crippen MR) is 251 cm³/mol. The molecule has 58 heavy (non-hydrogen) atoms. The average Bonchev–Trinajstić information content (AvgIpc) is 3.30. The standard InChI is InChI=1S/C58H36/c1-3-15-40-32-42(26-24-37(40)12-1)44-29-31-53-55(34-44)57(51-23-11-18-39-14-5-7-19-47(39)51)52-30-28-45(43-27-25-38-13-2-4-16-41(38)33-43)35-56(52)58(53)54-36-46-17-6-8-20-48(46)49-21-9-10-22-50(49)54/h1-36H. The van der Waals surface area contributed by atoms with E-state index in [1.165, 1.54) is 120 Å². The molecule has 0 heterocycles. The maximum atomic E-state index is 2.46. The molecule has 0 fully saturated rings. The molecule has 0 heteroatoms. The molecular weight excluding hydrogens is 697 g/mol. The monoisotopic (exact) mass is 732 g/mol. The lowest BCUT2D eigenvalue weighted by molar-refractivity contribution is 1.65. The number of hydrogen-bond acceptors (Lipinski definition) is 0. The van der Waals surface area contributed by atoms with Gasteiger partial charge in [-0.25, -0.2) is 0 Å². The zero-order valence-corrected chi connectivity index (χ0v) is 31.8. The zero-order chi connectivity index (χ0) is 38.2. The predicted octanol–water partition coefficient (Wildman–Crippen LogP) is 16.4. The van der Waals surface area contributed by atoms with Crippen LogP contribution in [0.2, 0.25) is 0 Å². The van der Waals surface area contributed by atoms with Crippen LogP contribution in [0.25, 0.3) is 120 Å². The summed E-state index contributed by atoms with van der Waals surface area (Å²) in [5.74, 6) is 0. The van der Waals surface area contributed by atoms with Crippen LogP contribution in [0.5, 0.6) is 0 Å². The minimum atomic E-state index is 1.21. The first-order valence-electron chi connectivity index (χ1n) is 20.2. The quantitative estimate of drug-likeness (QED) is 0.125. The molecule has 0 aromatic heterocycles. The molecule has 0 N–H and O–H groups in total. The summed E-state index contributed by atoms with van der Waals surface area (Å²) in [6, 6.07) is 81.2. The fourth-order valence-corrected chi connectivity index (χ4v) is 9.61. The highest BCUT2D eigenvalue weighted by Gasteiger charge is 2.22. The van der Waals surface area contributed by atoms with E-state index < -0.39 is 0 Å². The lowest BCUT2D eigenvalue weighted by atomic mass is 9.81. The highest BCUT2D eigenvalue weighted by molar-refractivity contribution is 6.27. The summed E-state index contributed by atoms with van der Waals surface area (Å²) in [6.45, 7) is 0. The van der Waals surface area contributed by atoms with Gasteiger partial charge in [-0.15, -0.1) is 0 Å². The fraction of sp³-hybridized carbons (Fsp3) is 0. The molecule has 0 amide bonds. The molecule has 0 nitrogen and oxygen atoms in total. The number of hydrogen-bond donors (Lipinski definition) is 0. The Balaban J connectivity index is 1.25. The van der Waals surface area contributed by atoms with E-state index in [0.29, 0.717) is 0 Å². The smallest absolute Gasteiger partial charge is 0.00197 e. The average molecular weight is 733 g/mol. The third-order valence-electron chi connectivity index (χ3n) is 12.4. The van der Waals surface area contributed by atoms with Gasteiger partial charge in [-0.2, -0.15) is 0 Å². The van der Waals surface area contributed by atoms with Crippen molar-refractivity contribution in [3.8, 4) is 44.5 Å². The molecular formula is C58H36. The molecule has 0 spiro atoms. The van der Waals surface area contributed by atoms with Crippen molar-refractivity contribution in [2.45, 2.75) is 0 Å². The van der Waals surface area contributed by atoms with Crippen LogP contribution in [0.15, 0.2) is 218 Å². The lowest BCUT2D eigenvalue weighted by Gasteiger charge is -2.22. The van der Waals surface area contributed by atoms with Crippen LogP contribution in [0.3, 0.4) is 0 Å². The Morgan fingerprint density at radius 2 is 0.603 bits per heavy atom. The molecule has 268 valence electrons. The van der Waals surface area contributed by atoms with E-state index >= 15 is 0 Å². The van der Waals surface area contributed by atoms with E-state index in [2.05, 4.69) is 218 Å². The summed E-state index contributed by atoms with van der Waals surface area (Å²) in [5, 5.41) is 17.5. The normalized spacial score (nSPS) is 11.8. The Bertz CT molecular complexity index is 3620. The van der Waals surface area contributed by atoms with Gasteiger partial charge in [0.15, 0.2) is 0 Å². The van der Waals surface area contributed by atoms with Gasteiger partial charge in [-0.3, -0.25) is 0 Å². The molecule has 0 aliphatic rings. The largest absolute Gasteiger partial charge is 0.0616 e. The van der Waals surface area contributed by atoms with Crippen LogP contribution in [-0.2, 0) is 0 Å². The SMILES string of the molecule is c1ccc2cc(-c3ccc4c(-c5cc6ccccc6c6ccccc56)c5cc(-c6ccc7ccccc7c6)ccc5c(-c5cccc6ccccc56)c4c3)ccc2c1. The van der Waals surface area contributed by atoms with Crippen LogP contribution in [0, 0.1) is 0 Å². The number of rotatable bonds is 4. The first-order chi connectivity index (χ1) is 28.7. The van der Waals surface area contributed by atoms with Gasteiger partial charge < -0.3 is 0 Å². The fourth-order valence-electron chi connectivity index (χ4n) is 9.61. The molecule has 0 saturated carbocycles. The summed E-state index contributed by atoms with van der Waals surface area (Å²) in [5.41, 5.74) is 9.89. The van der Waals surface area contributed by atoms with E-state index in [1.54, 1.807) is 0 Å². The minimum absolute atomic E-state index is 1.21. The molecule has 0 bridgehead atoms. The van der Waals surface area contributed by atoms with Gasteiger partial charge in [-0.05, 0) is 150 Å². The third-order valence-corrected chi connectivity index (χ3v) is 12.4. The second-order valence-electron chi connectivity index (χ2n) is 15.6. The van der Waals surface area contributed by atoms with Crippen LogP contribution in [0.4, 0.5) is 0 Å². The summed E-state index contributed by atoms with van der Waals surface area (Å²) >= 11 is 0. The van der Waals surface area contributed by atoms with Gasteiger partial charge in [0.1, 0.15) is 0 Å². The topological polar surface area (TPSA) is 0 Å².